The van der Waals surface area contributed by atoms with Gasteiger partial charge in [-0.25, -0.2) is 13.8 Å². The monoisotopic (exact) mass is 345 g/mol. The zero-order chi connectivity index (χ0) is 18.0. The summed E-state index contributed by atoms with van der Waals surface area (Å²) in [5, 5.41) is 0. The number of carbonyl (C=O) groups excluding carboxylic acids is 1. The van der Waals surface area contributed by atoms with E-state index >= 15 is 0 Å². The Kier molecular flexibility index (Phi) is 5.08. The first kappa shape index (κ1) is 17.5. The topological polar surface area (TPSA) is 36.4 Å². The van der Waals surface area contributed by atoms with Crippen LogP contribution in [0.25, 0.3) is 0 Å². The Hall–Kier alpha value is -2.34. The van der Waals surface area contributed by atoms with Crippen LogP contribution in [0.4, 0.5) is 8.78 Å². The Bertz CT molecular complexity index is 762. The summed E-state index contributed by atoms with van der Waals surface area (Å²) >= 11 is 0. The normalized spacial score (nSPS) is 17.3. The van der Waals surface area contributed by atoms with Crippen LogP contribution in [0.3, 0.4) is 0 Å². The Morgan fingerprint density at radius 2 is 2.00 bits per heavy atom. The SMILES string of the molecule is CN(C)Cc1ccc([C@@H]2CCCN2C(=O)c2ncc(F)cc2F)cc1. The van der Waals surface area contributed by atoms with Gasteiger partial charge in [0.2, 0.25) is 0 Å². The number of aromatic nitrogens is 1. The first-order chi connectivity index (χ1) is 12.0. The molecule has 4 nitrogen and oxygen atoms in total. The molecule has 1 saturated heterocycles. The molecule has 0 aliphatic carbocycles. The number of benzene rings is 1. The van der Waals surface area contributed by atoms with E-state index in [4.69, 9.17) is 0 Å². The Balaban J connectivity index is 1.81. The molecular weight excluding hydrogens is 324 g/mol. The molecule has 1 aliphatic rings. The van der Waals surface area contributed by atoms with Gasteiger partial charge in [0.25, 0.3) is 5.91 Å². The van der Waals surface area contributed by atoms with Crippen molar-refractivity contribution in [3.8, 4) is 0 Å². The van der Waals surface area contributed by atoms with E-state index in [1.165, 1.54) is 5.56 Å². The number of hydrogen-bond acceptors (Lipinski definition) is 3. The molecule has 1 atom stereocenters. The van der Waals surface area contributed by atoms with Gasteiger partial charge in [0.1, 0.15) is 5.82 Å². The predicted octanol–water partition coefficient (Wildman–Crippen LogP) is 3.40. The van der Waals surface area contributed by atoms with Crippen molar-refractivity contribution in [2.24, 2.45) is 0 Å². The third-order valence-corrected chi connectivity index (χ3v) is 4.39. The van der Waals surface area contributed by atoms with Crippen molar-refractivity contribution in [1.29, 1.82) is 0 Å². The summed E-state index contributed by atoms with van der Waals surface area (Å²) in [7, 11) is 4.02. The summed E-state index contributed by atoms with van der Waals surface area (Å²) in [6, 6.07) is 8.72. The van der Waals surface area contributed by atoms with E-state index in [2.05, 4.69) is 9.88 Å². The van der Waals surface area contributed by atoms with Crippen LogP contribution < -0.4 is 0 Å². The standard InChI is InChI=1S/C19H21F2N3O/c1-23(2)12-13-5-7-14(8-6-13)17-4-3-9-24(17)19(25)18-16(21)10-15(20)11-22-18/h5-8,10-11,17H,3-4,9,12H2,1-2H3/t17-/m0/s1. The number of likely N-dealkylation sites (tertiary alicyclic amines) is 1. The van der Waals surface area contributed by atoms with E-state index < -0.39 is 17.5 Å². The van der Waals surface area contributed by atoms with Gasteiger partial charge in [-0.2, -0.15) is 0 Å². The molecule has 3 rings (SSSR count). The van der Waals surface area contributed by atoms with Gasteiger partial charge in [-0.3, -0.25) is 4.79 Å². The lowest BCUT2D eigenvalue weighted by atomic mass is 10.0. The predicted molar refractivity (Wildman–Crippen MR) is 91.0 cm³/mol. The molecule has 0 spiro atoms. The smallest absolute Gasteiger partial charge is 0.276 e. The second-order valence-corrected chi connectivity index (χ2v) is 6.62. The highest BCUT2D eigenvalue weighted by molar-refractivity contribution is 5.93. The van der Waals surface area contributed by atoms with Gasteiger partial charge < -0.3 is 9.80 Å². The third-order valence-electron chi connectivity index (χ3n) is 4.39. The quantitative estimate of drug-likeness (QED) is 0.852. The molecule has 6 heteroatoms. The van der Waals surface area contributed by atoms with Crippen LogP contribution in [0.1, 0.15) is 40.5 Å². The maximum absolute atomic E-state index is 13.9. The van der Waals surface area contributed by atoms with Crippen molar-refractivity contribution in [3.63, 3.8) is 0 Å². The average molecular weight is 345 g/mol. The molecule has 0 radical (unpaired) electrons. The van der Waals surface area contributed by atoms with Crippen LogP contribution in [-0.4, -0.2) is 41.3 Å². The minimum atomic E-state index is -0.919. The highest BCUT2D eigenvalue weighted by Crippen LogP contribution is 2.33. The van der Waals surface area contributed by atoms with Crippen molar-refractivity contribution < 1.29 is 13.6 Å². The molecule has 25 heavy (non-hydrogen) atoms. The van der Waals surface area contributed by atoms with Gasteiger partial charge in [-0.05, 0) is 38.1 Å². The number of nitrogens with zero attached hydrogens (tertiary/aromatic N) is 3. The summed E-state index contributed by atoms with van der Waals surface area (Å²) in [6.45, 7) is 1.39. The van der Waals surface area contributed by atoms with Crippen molar-refractivity contribution in [3.05, 3.63) is 65.0 Å². The Morgan fingerprint density at radius 3 is 2.64 bits per heavy atom. The minimum Gasteiger partial charge on any atom is -0.330 e. The van der Waals surface area contributed by atoms with Gasteiger partial charge in [-0.1, -0.05) is 24.3 Å². The fraction of sp³-hybridized carbons (Fsp3) is 0.368. The molecule has 0 unspecified atom stereocenters. The highest BCUT2D eigenvalue weighted by atomic mass is 19.1. The maximum Gasteiger partial charge on any atom is 0.276 e. The van der Waals surface area contributed by atoms with Crippen LogP contribution >= 0.6 is 0 Å². The fourth-order valence-electron chi connectivity index (χ4n) is 3.27. The van der Waals surface area contributed by atoms with Crippen molar-refractivity contribution in [2.75, 3.05) is 20.6 Å². The molecule has 0 saturated carbocycles. The zero-order valence-corrected chi connectivity index (χ0v) is 14.4. The number of pyridine rings is 1. The highest BCUT2D eigenvalue weighted by Gasteiger charge is 2.32. The number of hydrogen-bond donors (Lipinski definition) is 0. The van der Waals surface area contributed by atoms with E-state index in [0.717, 1.165) is 31.1 Å². The molecule has 0 N–H and O–H groups in total. The summed E-state index contributed by atoms with van der Waals surface area (Å²) in [5.74, 6) is -2.20. The molecule has 2 heterocycles. The van der Waals surface area contributed by atoms with Crippen LogP contribution in [0, 0.1) is 11.6 Å². The second-order valence-electron chi connectivity index (χ2n) is 6.62. The van der Waals surface area contributed by atoms with E-state index in [0.29, 0.717) is 12.6 Å². The van der Waals surface area contributed by atoms with Gasteiger partial charge in [-0.15, -0.1) is 0 Å². The Morgan fingerprint density at radius 1 is 1.28 bits per heavy atom. The zero-order valence-electron chi connectivity index (χ0n) is 14.4. The average Bonchev–Trinajstić information content (AvgIpc) is 3.04. The lowest BCUT2D eigenvalue weighted by molar-refractivity contribution is 0.0724. The van der Waals surface area contributed by atoms with Gasteiger partial charge in [0.05, 0.1) is 12.2 Å². The summed E-state index contributed by atoms with van der Waals surface area (Å²) in [5.41, 5.74) is 1.89. The number of carbonyl (C=O) groups is 1. The molecule has 132 valence electrons. The van der Waals surface area contributed by atoms with E-state index in [9.17, 15) is 13.6 Å². The van der Waals surface area contributed by atoms with Gasteiger partial charge in [0.15, 0.2) is 11.5 Å². The molecule has 1 aromatic heterocycles. The minimum absolute atomic E-state index is 0.104. The van der Waals surface area contributed by atoms with Crippen LogP contribution in [0.15, 0.2) is 36.5 Å². The molecule has 1 fully saturated rings. The van der Waals surface area contributed by atoms with Crippen LogP contribution in [-0.2, 0) is 6.54 Å². The van der Waals surface area contributed by atoms with Crippen molar-refractivity contribution in [2.45, 2.75) is 25.4 Å². The van der Waals surface area contributed by atoms with Crippen molar-refractivity contribution in [1.82, 2.24) is 14.8 Å². The number of rotatable bonds is 4. The molecule has 2 aromatic rings. The lowest BCUT2D eigenvalue weighted by Crippen LogP contribution is -2.32. The fourth-order valence-corrected chi connectivity index (χ4v) is 3.27. The third kappa shape index (κ3) is 3.85. The molecule has 0 bridgehead atoms. The number of amides is 1. The van der Waals surface area contributed by atoms with Crippen molar-refractivity contribution >= 4 is 5.91 Å². The van der Waals surface area contributed by atoms with Crippen LogP contribution in [0.5, 0.6) is 0 Å². The molecule has 1 aromatic carbocycles. The van der Waals surface area contributed by atoms with E-state index in [1.807, 2.05) is 38.4 Å². The largest absolute Gasteiger partial charge is 0.330 e. The molecule has 1 amide bonds. The molecule has 1 aliphatic heterocycles. The number of halogens is 2. The van der Waals surface area contributed by atoms with E-state index in [1.54, 1.807) is 4.90 Å². The first-order valence-corrected chi connectivity index (χ1v) is 8.31. The summed E-state index contributed by atoms with van der Waals surface area (Å²) in [4.78, 5) is 20.0. The van der Waals surface area contributed by atoms with Crippen LogP contribution in [0.2, 0.25) is 0 Å². The summed E-state index contributed by atoms with van der Waals surface area (Å²) < 4.78 is 26.9. The summed E-state index contributed by atoms with van der Waals surface area (Å²) in [6.07, 6.45) is 2.54. The lowest BCUT2D eigenvalue weighted by Gasteiger charge is -2.25. The molecular formula is C19H21F2N3O. The van der Waals surface area contributed by atoms with Gasteiger partial charge in [0, 0.05) is 19.2 Å². The second kappa shape index (κ2) is 7.27. The first-order valence-electron chi connectivity index (χ1n) is 8.31. The Labute approximate surface area is 146 Å². The van der Waals surface area contributed by atoms with E-state index in [-0.39, 0.29) is 11.7 Å². The van der Waals surface area contributed by atoms with Gasteiger partial charge >= 0.3 is 0 Å². The maximum atomic E-state index is 13.9.